The summed E-state index contributed by atoms with van der Waals surface area (Å²) in [5, 5.41) is 0. The van der Waals surface area contributed by atoms with Crippen LogP contribution in [-0.2, 0) is 0 Å². The van der Waals surface area contributed by atoms with E-state index in [2.05, 4.69) is 52.0 Å². The fourth-order valence-corrected chi connectivity index (χ4v) is 1.71. The van der Waals surface area contributed by atoms with Gasteiger partial charge < -0.3 is 0 Å². The molecule has 0 saturated carbocycles. The number of benzene rings is 1. The Hall–Kier alpha value is -0.780. The fraction of sp³-hybridized carbons (Fsp3) is 0.538. The Labute approximate surface area is 82.0 Å². The van der Waals surface area contributed by atoms with Crippen molar-refractivity contribution in [2.75, 3.05) is 0 Å². The van der Waals surface area contributed by atoms with Gasteiger partial charge in [-0.2, -0.15) is 0 Å². The van der Waals surface area contributed by atoms with Crippen molar-refractivity contribution < 1.29 is 0 Å². The smallest absolute Gasteiger partial charge is 0.0190 e. The van der Waals surface area contributed by atoms with Gasteiger partial charge in [0.15, 0.2) is 0 Å². The van der Waals surface area contributed by atoms with Gasteiger partial charge in [-0.15, -0.1) is 0 Å². The van der Waals surface area contributed by atoms with Gasteiger partial charge in [0.1, 0.15) is 0 Å². The van der Waals surface area contributed by atoms with Gasteiger partial charge in [-0.25, -0.2) is 0 Å². The van der Waals surface area contributed by atoms with Crippen LogP contribution in [0.15, 0.2) is 24.3 Å². The van der Waals surface area contributed by atoms with Crippen molar-refractivity contribution >= 4 is 0 Å². The summed E-state index contributed by atoms with van der Waals surface area (Å²) in [5.41, 5.74) is 3.04. The summed E-state index contributed by atoms with van der Waals surface area (Å²) in [6.45, 7) is 9.09. The molecule has 0 nitrogen and oxygen atoms in total. The molecule has 1 aromatic carbocycles. The van der Waals surface area contributed by atoms with E-state index in [1.807, 2.05) is 0 Å². The van der Waals surface area contributed by atoms with E-state index < -0.39 is 0 Å². The molecular formula is C13H20. The Kier molecular flexibility index (Phi) is 3.53. The Morgan fingerprint density at radius 3 is 2.00 bits per heavy atom. The van der Waals surface area contributed by atoms with Gasteiger partial charge in [-0.1, -0.05) is 52.0 Å². The van der Waals surface area contributed by atoms with Crippen LogP contribution >= 0.6 is 0 Å². The zero-order chi connectivity index (χ0) is 9.84. The van der Waals surface area contributed by atoms with Crippen LogP contribution in [0.3, 0.4) is 0 Å². The minimum Gasteiger partial charge on any atom is -0.0648 e. The van der Waals surface area contributed by atoms with Crippen molar-refractivity contribution in [2.24, 2.45) is 0 Å². The van der Waals surface area contributed by atoms with Crippen LogP contribution in [0.5, 0.6) is 0 Å². The molecule has 0 aliphatic heterocycles. The van der Waals surface area contributed by atoms with E-state index >= 15 is 0 Å². The van der Waals surface area contributed by atoms with Gasteiger partial charge in [0.25, 0.3) is 0 Å². The number of rotatable bonds is 3. The maximum absolute atomic E-state index is 2.31. The molecule has 0 unspecified atom stereocenters. The summed E-state index contributed by atoms with van der Waals surface area (Å²) in [6, 6.07) is 8.81. The van der Waals surface area contributed by atoms with Crippen molar-refractivity contribution in [3.8, 4) is 0 Å². The van der Waals surface area contributed by atoms with E-state index in [0.717, 1.165) is 0 Å². The van der Waals surface area contributed by atoms with Crippen molar-refractivity contribution in [3.63, 3.8) is 0 Å². The molecule has 0 radical (unpaired) electrons. The lowest BCUT2D eigenvalue weighted by molar-refractivity contribution is 0.708. The van der Waals surface area contributed by atoms with Gasteiger partial charge in [-0.3, -0.25) is 0 Å². The Morgan fingerprint density at radius 1 is 1.00 bits per heavy atom. The average Bonchev–Trinajstić information content (AvgIpc) is 2.16. The second-order valence-electron chi connectivity index (χ2n) is 4.09. The topological polar surface area (TPSA) is 0 Å². The first-order valence-corrected chi connectivity index (χ1v) is 5.25. The summed E-state index contributed by atoms with van der Waals surface area (Å²) in [7, 11) is 0. The lowest BCUT2D eigenvalue weighted by Crippen LogP contribution is -1.99. The highest BCUT2D eigenvalue weighted by Crippen LogP contribution is 2.27. The molecular weight excluding hydrogens is 156 g/mol. The Morgan fingerprint density at radius 2 is 1.54 bits per heavy atom. The second-order valence-corrected chi connectivity index (χ2v) is 4.09. The first kappa shape index (κ1) is 10.3. The molecule has 0 aliphatic carbocycles. The third-order valence-electron chi connectivity index (χ3n) is 2.76. The zero-order valence-electron chi connectivity index (χ0n) is 9.17. The summed E-state index contributed by atoms with van der Waals surface area (Å²) in [5.74, 6) is 1.34. The third kappa shape index (κ3) is 2.33. The first-order chi connectivity index (χ1) is 6.16. The van der Waals surface area contributed by atoms with Crippen molar-refractivity contribution in [2.45, 2.75) is 46.0 Å². The van der Waals surface area contributed by atoms with Gasteiger partial charge in [0.2, 0.25) is 0 Å². The SMILES string of the molecule is CC[C@H](C)c1ccccc1C(C)C. The van der Waals surface area contributed by atoms with Crippen LogP contribution in [-0.4, -0.2) is 0 Å². The quantitative estimate of drug-likeness (QED) is 0.643. The lowest BCUT2D eigenvalue weighted by Gasteiger charge is -2.17. The van der Waals surface area contributed by atoms with Crippen LogP contribution in [0.2, 0.25) is 0 Å². The molecule has 0 aromatic heterocycles. The highest BCUT2D eigenvalue weighted by molar-refractivity contribution is 5.32. The van der Waals surface area contributed by atoms with Crippen molar-refractivity contribution in [1.82, 2.24) is 0 Å². The van der Waals surface area contributed by atoms with Crippen LogP contribution in [0.25, 0.3) is 0 Å². The molecule has 13 heavy (non-hydrogen) atoms. The zero-order valence-corrected chi connectivity index (χ0v) is 9.17. The molecule has 0 N–H and O–H groups in total. The predicted octanol–water partition coefficient (Wildman–Crippen LogP) is 4.32. The lowest BCUT2D eigenvalue weighted by atomic mass is 9.89. The largest absolute Gasteiger partial charge is 0.0648 e. The van der Waals surface area contributed by atoms with Gasteiger partial charge >= 0.3 is 0 Å². The molecule has 0 spiro atoms. The van der Waals surface area contributed by atoms with Crippen LogP contribution in [0.1, 0.15) is 57.1 Å². The van der Waals surface area contributed by atoms with E-state index in [-0.39, 0.29) is 0 Å². The molecule has 0 bridgehead atoms. The maximum atomic E-state index is 2.31. The molecule has 0 heteroatoms. The van der Waals surface area contributed by atoms with Crippen molar-refractivity contribution in [3.05, 3.63) is 35.4 Å². The minimum atomic E-state index is 0.644. The predicted molar refractivity (Wildman–Crippen MR) is 59.2 cm³/mol. The highest BCUT2D eigenvalue weighted by atomic mass is 14.1. The third-order valence-corrected chi connectivity index (χ3v) is 2.76. The molecule has 1 rings (SSSR count). The Balaban J connectivity index is 3.04. The van der Waals surface area contributed by atoms with E-state index in [9.17, 15) is 0 Å². The van der Waals surface area contributed by atoms with Crippen LogP contribution < -0.4 is 0 Å². The first-order valence-electron chi connectivity index (χ1n) is 5.25. The fourth-order valence-electron chi connectivity index (χ4n) is 1.71. The second kappa shape index (κ2) is 4.45. The van der Waals surface area contributed by atoms with Crippen LogP contribution in [0, 0.1) is 0 Å². The minimum absolute atomic E-state index is 0.644. The highest BCUT2D eigenvalue weighted by Gasteiger charge is 2.09. The molecule has 0 aliphatic rings. The van der Waals surface area contributed by atoms with E-state index in [4.69, 9.17) is 0 Å². The van der Waals surface area contributed by atoms with Gasteiger partial charge in [0.05, 0.1) is 0 Å². The van der Waals surface area contributed by atoms with Crippen molar-refractivity contribution in [1.29, 1.82) is 0 Å². The summed E-state index contributed by atoms with van der Waals surface area (Å²) < 4.78 is 0. The summed E-state index contributed by atoms with van der Waals surface area (Å²) in [6.07, 6.45) is 1.23. The molecule has 72 valence electrons. The number of hydrogen-bond acceptors (Lipinski definition) is 0. The molecule has 0 amide bonds. The summed E-state index contributed by atoms with van der Waals surface area (Å²) >= 11 is 0. The van der Waals surface area contributed by atoms with Crippen LogP contribution in [0.4, 0.5) is 0 Å². The van der Waals surface area contributed by atoms with Gasteiger partial charge in [0, 0.05) is 0 Å². The monoisotopic (exact) mass is 176 g/mol. The molecule has 1 atom stereocenters. The van der Waals surface area contributed by atoms with Gasteiger partial charge in [-0.05, 0) is 29.4 Å². The Bertz CT molecular complexity index is 260. The van der Waals surface area contributed by atoms with E-state index in [1.54, 1.807) is 0 Å². The molecule has 1 aromatic rings. The molecule has 0 saturated heterocycles. The maximum Gasteiger partial charge on any atom is -0.0190 e. The normalized spacial score (nSPS) is 13.3. The molecule has 0 heterocycles. The number of hydrogen-bond donors (Lipinski definition) is 0. The average molecular weight is 176 g/mol. The van der Waals surface area contributed by atoms with E-state index in [0.29, 0.717) is 11.8 Å². The summed E-state index contributed by atoms with van der Waals surface area (Å²) in [4.78, 5) is 0. The molecule has 0 fully saturated rings. The van der Waals surface area contributed by atoms with E-state index in [1.165, 1.54) is 17.5 Å². The standard InChI is InChI=1S/C13H20/c1-5-11(4)13-9-7-6-8-12(13)10(2)3/h6-11H,5H2,1-4H3/t11-/m0/s1.